The van der Waals surface area contributed by atoms with Crippen LogP contribution < -0.4 is 5.73 Å². The van der Waals surface area contributed by atoms with E-state index in [9.17, 15) is 5.11 Å². The second-order valence-corrected chi connectivity index (χ2v) is 7.94. The zero-order chi connectivity index (χ0) is 14.9. The lowest BCUT2D eigenvalue weighted by Gasteiger charge is -2.46. The van der Waals surface area contributed by atoms with E-state index >= 15 is 0 Å². The Balaban J connectivity index is 2.24. The van der Waals surface area contributed by atoms with Crippen molar-refractivity contribution in [3.05, 3.63) is 20.8 Å². The number of aliphatic hydroxyl groups excluding tert-OH is 1. The molecule has 1 saturated heterocycles. The van der Waals surface area contributed by atoms with Crippen LogP contribution >= 0.6 is 27.3 Å². The Hall–Kier alpha value is 0.0200. The highest BCUT2D eigenvalue weighted by Crippen LogP contribution is 2.34. The highest BCUT2D eigenvalue weighted by molar-refractivity contribution is 9.10. The van der Waals surface area contributed by atoms with Crippen molar-refractivity contribution in [1.29, 1.82) is 0 Å². The lowest BCUT2D eigenvalue weighted by atomic mass is 9.99. The van der Waals surface area contributed by atoms with Crippen LogP contribution in [0.25, 0.3) is 0 Å². The molecule has 1 aromatic rings. The first-order chi connectivity index (χ1) is 9.32. The number of ether oxygens (including phenoxy) is 1. The van der Waals surface area contributed by atoms with Gasteiger partial charge >= 0.3 is 0 Å². The second-order valence-electron chi connectivity index (χ2n) is 6.08. The van der Waals surface area contributed by atoms with E-state index in [4.69, 9.17) is 10.5 Å². The first kappa shape index (κ1) is 16.4. The number of nitrogens with zero attached hydrogens (tertiary/aromatic N) is 1. The minimum atomic E-state index is -0.271. The molecule has 1 fully saturated rings. The Kier molecular flexibility index (Phi) is 5.26. The number of hydrogen-bond acceptors (Lipinski definition) is 5. The molecule has 1 aromatic heterocycles. The summed E-state index contributed by atoms with van der Waals surface area (Å²) in [6.07, 6.45) is -0.150. The molecule has 6 heteroatoms. The zero-order valence-corrected chi connectivity index (χ0v) is 14.6. The average Bonchev–Trinajstić information content (AvgIpc) is 2.73. The SMILES string of the molecule is CC(N)C(c1cc(Br)cs1)N1CC(CO)OC(C)(C)C1. The Morgan fingerprint density at radius 1 is 1.65 bits per heavy atom. The van der Waals surface area contributed by atoms with E-state index in [0.29, 0.717) is 6.54 Å². The average molecular weight is 363 g/mol. The molecule has 3 atom stereocenters. The maximum absolute atomic E-state index is 9.45. The summed E-state index contributed by atoms with van der Waals surface area (Å²) in [5.74, 6) is 0. The minimum Gasteiger partial charge on any atom is -0.394 e. The van der Waals surface area contributed by atoms with E-state index in [1.54, 1.807) is 11.3 Å². The first-order valence-corrected chi connectivity index (χ1v) is 8.52. The van der Waals surface area contributed by atoms with Crippen molar-refractivity contribution in [1.82, 2.24) is 4.90 Å². The molecule has 0 aromatic carbocycles. The van der Waals surface area contributed by atoms with Crippen molar-refractivity contribution in [2.45, 2.75) is 44.6 Å². The molecule has 1 aliphatic heterocycles. The standard InChI is InChI=1S/C14H23BrN2O2S/c1-9(16)13(12-4-10(15)7-20-12)17-5-11(6-18)19-14(2,3)8-17/h4,7,9,11,13,18H,5-6,8,16H2,1-3H3. The number of nitrogens with two attached hydrogens (primary N) is 1. The summed E-state index contributed by atoms with van der Waals surface area (Å²) in [4.78, 5) is 3.59. The predicted octanol–water partition coefficient (Wildman–Crippen LogP) is 2.37. The van der Waals surface area contributed by atoms with Crippen molar-refractivity contribution in [2.75, 3.05) is 19.7 Å². The van der Waals surface area contributed by atoms with E-state index < -0.39 is 0 Å². The Morgan fingerprint density at radius 2 is 2.35 bits per heavy atom. The minimum absolute atomic E-state index is 0.0220. The number of morpholine rings is 1. The topological polar surface area (TPSA) is 58.7 Å². The lowest BCUT2D eigenvalue weighted by Crippen LogP contribution is -2.56. The molecule has 2 rings (SSSR count). The molecule has 3 unspecified atom stereocenters. The summed E-state index contributed by atoms with van der Waals surface area (Å²) in [7, 11) is 0. The summed E-state index contributed by atoms with van der Waals surface area (Å²) in [5.41, 5.74) is 5.96. The summed E-state index contributed by atoms with van der Waals surface area (Å²) >= 11 is 5.22. The van der Waals surface area contributed by atoms with E-state index in [1.165, 1.54) is 4.88 Å². The zero-order valence-electron chi connectivity index (χ0n) is 12.2. The summed E-state index contributed by atoms with van der Waals surface area (Å²) < 4.78 is 6.98. The summed E-state index contributed by atoms with van der Waals surface area (Å²) in [6.45, 7) is 7.72. The molecule has 0 spiro atoms. The van der Waals surface area contributed by atoms with Gasteiger partial charge in [-0.3, -0.25) is 4.90 Å². The van der Waals surface area contributed by atoms with Crippen LogP contribution in [-0.4, -0.2) is 47.4 Å². The van der Waals surface area contributed by atoms with Gasteiger partial charge in [0.25, 0.3) is 0 Å². The fraction of sp³-hybridized carbons (Fsp3) is 0.714. The molecule has 0 bridgehead atoms. The molecule has 1 aliphatic rings. The number of rotatable bonds is 4. The van der Waals surface area contributed by atoms with Gasteiger partial charge in [-0.25, -0.2) is 0 Å². The smallest absolute Gasteiger partial charge is 0.0940 e. The number of hydrogen-bond donors (Lipinski definition) is 2. The third-order valence-corrected chi connectivity index (χ3v) is 5.25. The normalized spacial score (nSPS) is 26.4. The molecule has 2 heterocycles. The van der Waals surface area contributed by atoms with Gasteiger partial charge in [0.1, 0.15) is 0 Å². The summed E-state index contributed by atoms with van der Waals surface area (Å²) in [6, 6.07) is 2.31. The number of aliphatic hydroxyl groups is 1. The largest absolute Gasteiger partial charge is 0.394 e. The van der Waals surface area contributed by atoms with Gasteiger partial charge in [-0.05, 0) is 42.8 Å². The second kappa shape index (κ2) is 6.42. The number of halogens is 1. The van der Waals surface area contributed by atoms with Gasteiger partial charge in [0.15, 0.2) is 0 Å². The third kappa shape index (κ3) is 3.81. The van der Waals surface area contributed by atoms with Crippen molar-refractivity contribution < 1.29 is 9.84 Å². The molecule has 114 valence electrons. The number of thiophene rings is 1. The third-order valence-electron chi connectivity index (χ3n) is 3.48. The predicted molar refractivity (Wildman–Crippen MR) is 86.0 cm³/mol. The van der Waals surface area contributed by atoms with Crippen LogP contribution in [0.2, 0.25) is 0 Å². The van der Waals surface area contributed by atoms with Crippen LogP contribution in [0, 0.1) is 0 Å². The Bertz CT molecular complexity index is 450. The van der Waals surface area contributed by atoms with Gasteiger partial charge < -0.3 is 15.6 Å². The summed E-state index contributed by atoms with van der Waals surface area (Å²) in [5, 5.41) is 11.5. The van der Waals surface area contributed by atoms with Gasteiger partial charge in [-0.15, -0.1) is 11.3 Å². The monoisotopic (exact) mass is 362 g/mol. The first-order valence-electron chi connectivity index (χ1n) is 6.84. The molecular formula is C14H23BrN2O2S. The van der Waals surface area contributed by atoms with E-state index in [-0.39, 0.29) is 30.4 Å². The van der Waals surface area contributed by atoms with Gasteiger partial charge in [0.2, 0.25) is 0 Å². The van der Waals surface area contributed by atoms with Crippen LogP contribution in [0.5, 0.6) is 0 Å². The molecule has 0 amide bonds. The maximum Gasteiger partial charge on any atom is 0.0940 e. The van der Waals surface area contributed by atoms with E-state index in [2.05, 4.69) is 46.1 Å². The quantitative estimate of drug-likeness (QED) is 0.862. The lowest BCUT2D eigenvalue weighted by molar-refractivity contribution is -0.158. The Morgan fingerprint density at radius 3 is 2.85 bits per heavy atom. The van der Waals surface area contributed by atoms with Crippen molar-refractivity contribution in [3.8, 4) is 0 Å². The molecule has 0 saturated carbocycles. The van der Waals surface area contributed by atoms with Gasteiger partial charge in [-0.2, -0.15) is 0 Å². The van der Waals surface area contributed by atoms with Gasteiger partial charge in [0.05, 0.1) is 24.4 Å². The van der Waals surface area contributed by atoms with Crippen molar-refractivity contribution in [3.63, 3.8) is 0 Å². The fourth-order valence-electron chi connectivity index (χ4n) is 2.90. The highest BCUT2D eigenvalue weighted by Gasteiger charge is 2.38. The van der Waals surface area contributed by atoms with Crippen LogP contribution in [-0.2, 0) is 4.74 Å². The molecule has 0 radical (unpaired) electrons. The maximum atomic E-state index is 9.45. The molecule has 20 heavy (non-hydrogen) atoms. The van der Waals surface area contributed by atoms with Crippen LogP contribution in [0.1, 0.15) is 31.7 Å². The van der Waals surface area contributed by atoms with Crippen LogP contribution in [0.4, 0.5) is 0 Å². The van der Waals surface area contributed by atoms with Crippen LogP contribution in [0.15, 0.2) is 15.9 Å². The van der Waals surface area contributed by atoms with E-state index in [0.717, 1.165) is 11.0 Å². The van der Waals surface area contributed by atoms with Gasteiger partial charge in [0, 0.05) is 33.9 Å². The van der Waals surface area contributed by atoms with Gasteiger partial charge in [-0.1, -0.05) is 0 Å². The molecule has 4 nitrogen and oxygen atoms in total. The van der Waals surface area contributed by atoms with Crippen LogP contribution in [0.3, 0.4) is 0 Å². The molecule has 0 aliphatic carbocycles. The van der Waals surface area contributed by atoms with Crippen molar-refractivity contribution in [2.24, 2.45) is 5.73 Å². The Labute approximate surface area is 133 Å². The fourth-order valence-corrected chi connectivity index (χ4v) is 4.60. The van der Waals surface area contributed by atoms with Crippen molar-refractivity contribution >= 4 is 27.3 Å². The van der Waals surface area contributed by atoms with E-state index in [1.807, 2.05) is 6.92 Å². The molecule has 3 N–H and O–H groups in total. The molecular weight excluding hydrogens is 340 g/mol. The highest BCUT2D eigenvalue weighted by atomic mass is 79.9.